The lowest BCUT2D eigenvalue weighted by atomic mass is 10.1. The zero-order valence-corrected chi connectivity index (χ0v) is 14.9. The van der Waals surface area contributed by atoms with Crippen molar-refractivity contribution >= 4 is 28.7 Å². The van der Waals surface area contributed by atoms with E-state index in [1.165, 1.54) is 23.4 Å². The van der Waals surface area contributed by atoms with E-state index in [-0.39, 0.29) is 5.69 Å². The summed E-state index contributed by atoms with van der Waals surface area (Å²) in [6, 6.07) is 12.3. The van der Waals surface area contributed by atoms with E-state index >= 15 is 0 Å². The third-order valence-corrected chi connectivity index (χ3v) is 4.64. The highest BCUT2D eigenvalue weighted by molar-refractivity contribution is 7.80. The predicted octanol–water partition coefficient (Wildman–Crippen LogP) is 4.09. The Morgan fingerprint density at radius 2 is 2.04 bits per heavy atom. The Morgan fingerprint density at radius 1 is 1.24 bits per heavy atom. The molecular formula is C19H21F2N3S. The summed E-state index contributed by atoms with van der Waals surface area (Å²) >= 11 is 5.17. The maximum Gasteiger partial charge on any atom is 0.170 e. The highest BCUT2D eigenvalue weighted by Gasteiger charge is 2.24. The minimum atomic E-state index is -0.661. The van der Waals surface area contributed by atoms with E-state index < -0.39 is 11.6 Å². The topological polar surface area (TPSA) is 27.3 Å². The fourth-order valence-corrected chi connectivity index (χ4v) is 3.39. The highest BCUT2D eigenvalue weighted by Crippen LogP contribution is 2.31. The van der Waals surface area contributed by atoms with Crippen LogP contribution in [-0.4, -0.2) is 24.2 Å². The second-order valence-corrected chi connectivity index (χ2v) is 6.64. The summed E-state index contributed by atoms with van der Waals surface area (Å²) in [5.41, 5.74) is 2.87. The van der Waals surface area contributed by atoms with Crippen LogP contribution in [0.25, 0.3) is 0 Å². The van der Waals surface area contributed by atoms with Crippen molar-refractivity contribution in [2.75, 3.05) is 23.3 Å². The molecule has 0 aliphatic carbocycles. The lowest BCUT2D eigenvalue weighted by Gasteiger charge is -2.25. The predicted molar refractivity (Wildman–Crippen MR) is 102 cm³/mol. The van der Waals surface area contributed by atoms with Crippen molar-refractivity contribution in [3.05, 3.63) is 59.7 Å². The molecule has 25 heavy (non-hydrogen) atoms. The van der Waals surface area contributed by atoms with Crippen molar-refractivity contribution in [1.82, 2.24) is 5.32 Å². The van der Waals surface area contributed by atoms with Gasteiger partial charge >= 0.3 is 0 Å². The van der Waals surface area contributed by atoms with Gasteiger partial charge in [-0.1, -0.05) is 18.2 Å². The maximum atomic E-state index is 13.6. The maximum absolute atomic E-state index is 13.6. The number of thiocarbonyl (C=S) groups is 1. The van der Waals surface area contributed by atoms with Crippen molar-refractivity contribution in [1.29, 1.82) is 0 Å². The molecule has 1 aliphatic heterocycles. The average molecular weight is 361 g/mol. The monoisotopic (exact) mass is 361 g/mol. The van der Waals surface area contributed by atoms with Crippen LogP contribution in [0.3, 0.4) is 0 Å². The zero-order valence-electron chi connectivity index (χ0n) is 14.1. The van der Waals surface area contributed by atoms with E-state index in [1.807, 2.05) is 0 Å². The molecule has 6 heteroatoms. The zero-order chi connectivity index (χ0) is 17.8. The Labute approximate surface area is 152 Å². The first kappa shape index (κ1) is 17.6. The van der Waals surface area contributed by atoms with Gasteiger partial charge in [0.15, 0.2) is 5.11 Å². The number of hydrogen-bond donors (Lipinski definition) is 2. The van der Waals surface area contributed by atoms with Gasteiger partial charge < -0.3 is 15.5 Å². The fraction of sp³-hybridized carbons (Fsp3) is 0.316. The van der Waals surface area contributed by atoms with Crippen LogP contribution in [0.5, 0.6) is 0 Å². The number of halogens is 2. The molecule has 1 atom stereocenters. The Bertz CT molecular complexity index is 766. The smallest absolute Gasteiger partial charge is 0.170 e. The van der Waals surface area contributed by atoms with Crippen molar-refractivity contribution in [2.24, 2.45) is 0 Å². The van der Waals surface area contributed by atoms with E-state index in [9.17, 15) is 8.78 Å². The van der Waals surface area contributed by atoms with Gasteiger partial charge in [-0.3, -0.25) is 0 Å². The number of nitrogens with zero attached hydrogens (tertiary/aromatic N) is 1. The van der Waals surface area contributed by atoms with Gasteiger partial charge in [0.05, 0.1) is 5.69 Å². The second-order valence-electron chi connectivity index (χ2n) is 6.23. The number of fused-ring (bicyclic) bond motifs is 1. The van der Waals surface area contributed by atoms with E-state index in [4.69, 9.17) is 12.2 Å². The molecule has 1 aliphatic rings. The Morgan fingerprint density at radius 3 is 2.84 bits per heavy atom. The number of para-hydroxylation sites is 1. The van der Waals surface area contributed by atoms with E-state index in [2.05, 4.69) is 46.7 Å². The van der Waals surface area contributed by atoms with Crippen molar-refractivity contribution < 1.29 is 8.78 Å². The Balaban J connectivity index is 1.45. The molecule has 2 N–H and O–H groups in total. The molecule has 3 nitrogen and oxygen atoms in total. The summed E-state index contributed by atoms with van der Waals surface area (Å²) < 4.78 is 26.5. The molecule has 2 aromatic carbocycles. The van der Waals surface area contributed by atoms with Crippen LogP contribution in [0.1, 0.15) is 18.9 Å². The second kappa shape index (κ2) is 7.78. The van der Waals surface area contributed by atoms with Gasteiger partial charge in [0.2, 0.25) is 0 Å². The van der Waals surface area contributed by atoms with Gasteiger partial charge in [0.1, 0.15) is 11.6 Å². The lowest BCUT2D eigenvalue weighted by molar-refractivity contribution is 0.586. The summed E-state index contributed by atoms with van der Waals surface area (Å²) in [4.78, 5) is 2.41. The van der Waals surface area contributed by atoms with E-state index in [0.29, 0.717) is 17.7 Å². The summed E-state index contributed by atoms with van der Waals surface area (Å²) in [6.45, 7) is 3.84. The van der Waals surface area contributed by atoms with Crippen molar-refractivity contribution in [3.63, 3.8) is 0 Å². The van der Waals surface area contributed by atoms with Crippen LogP contribution in [-0.2, 0) is 6.42 Å². The number of rotatable bonds is 5. The molecule has 0 radical (unpaired) electrons. The SMILES string of the molecule is CC1Cc2ccccc2N1CCCNC(=S)Nc1ccc(F)cc1F. The highest BCUT2D eigenvalue weighted by atomic mass is 32.1. The number of benzene rings is 2. The van der Waals surface area contributed by atoms with Gasteiger partial charge in [-0.15, -0.1) is 0 Å². The number of anilines is 2. The third-order valence-electron chi connectivity index (χ3n) is 4.39. The molecule has 1 unspecified atom stereocenters. The van der Waals surface area contributed by atoms with Crippen LogP contribution < -0.4 is 15.5 Å². The molecule has 0 saturated carbocycles. The summed E-state index contributed by atoms with van der Waals surface area (Å²) in [6.07, 6.45) is 1.99. The molecule has 0 saturated heterocycles. The van der Waals surface area contributed by atoms with E-state index in [0.717, 1.165) is 25.5 Å². The summed E-state index contributed by atoms with van der Waals surface area (Å²) in [7, 11) is 0. The molecule has 1 heterocycles. The Kier molecular flexibility index (Phi) is 5.48. The molecule has 0 spiro atoms. The summed E-state index contributed by atoms with van der Waals surface area (Å²) in [5.74, 6) is -1.27. The minimum Gasteiger partial charge on any atom is -0.368 e. The molecule has 0 amide bonds. The molecule has 3 rings (SSSR count). The molecule has 0 bridgehead atoms. The van der Waals surface area contributed by atoms with Gasteiger partial charge in [0, 0.05) is 30.9 Å². The largest absolute Gasteiger partial charge is 0.368 e. The standard InChI is InChI=1S/C19H21F2N3S/c1-13-11-14-5-2-3-6-18(14)24(13)10-4-9-22-19(25)23-17-8-7-15(20)12-16(17)21/h2-3,5-8,12-13H,4,9-11H2,1H3,(H2,22,23,25). The molecule has 0 aromatic heterocycles. The summed E-state index contributed by atoms with van der Waals surface area (Å²) in [5, 5.41) is 6.16. The Hall–Kier alpha value is -2.21. The molecule has 0 fully saturated rings. The van der Waals surface area contributed by atoms with Gasteiger partial charge in [-0.05, 0) is 55.7 Å². The minimum absolute atomic E-state index is 0.168. The molecule has 132 valence electrons. The van der Waals surface area contributed by atoms with E-state index in [1.54, 1.807) is 0 Å². The van der Waals surface area contributed by atoms with Gasteiger partial charge in [-0.25, -0.2) is 8.78 Å². The van der Waals surface area contributed by atoms with Crippen LogP contribution in [0.2, 0.25) is 0 Å². The number of nitrogens with one attached hydrogen (secondary N) is 2. The first-order valence-corrected chi connectivity index (χ1v) is 8.80. The van der Waals surface area contributed by atoms with Crippen LogP contribution in [0, 0.1) is 11.6 Å². The van der Waals surface area contributed by atoms with Crippen molar-refractivity contribution in [3.8, 4) is 0 Å². The van der Waals surface area contributed by atoms with Crippen molar-refractivity contribution in [2.45, 2.75) is 25.8 Å². The first-order valence-electron chi connectivity index (χ1n) is 8.39. The van der Waals surface area contributed by atoms with Gasteiger partial charge in [-0.2, -0.15) is 0 Å². The molecule has 2 aromatic rings. The normalized spacial score (nSPS) is 15.8. The fourth-order valence-electron chi connectivity index (χ4n) is 3.18. The van der Waals surface area contributed by atoms with Gasteiger partial charge in [0.25, 0.3) is 0 Å². The number of hydrogen-bond acceptors (Lipinski definition) is 2. The quantitative estimate of drug-likeness (QED) is 0.620. The first-order chi connectivity index (χ1) is 12.0. The average Bonchev–Trinajstić information content (AvgIpc) is 2.90. The van der Waals surface area contributed by atoms with Crippen LogP contribution in [0.4, 0.5) is 20.2 Å². The molecular weight excluding hydrogens is 340 g/mol. The third kappa shape index (κ3) is 4.25. The lowest BCUT2D eigenvalue weighted by Crippen LogP contribution is -2.34. The van der Waals surface area contributed by atoms with Crippen LogP contribution in [0.15, 0.2) is 42.5 Å². The van der Waals surface area contributed by atoms with Crippen LogP contribution >= 0.6 is 12.2 Å².